The molecule has 0 saturated heterocycles. The van der Waals surface area contributed by atoms with Crippen molar-refractivity contribution in [3.8, 4) is 12.1 Å². The second-order valence-corrected chi connectivity index (χ2v) is 4.89. The summed E-state index contributed by atoms with van der Waals surface area (Å²) in [6.45, 7) is 0. The number of nitrogens with one attached hydrogen (secondary N) is 1. The van der Waals surface area contributed by atoms with Crippen LogP contribution in [0, 0.1) is 28.5 Å². The minimum atomic E-state index is -0.656. The maximum atomic E-state index is 13.7. The van der Waals surface area contributed by atoms with Crippen LogP contribution in [-0.2, 0) is 0 Å². The van der Waals surface area contributed by atoms with Crippen LogP contribution in [0.1, 0.15) is 21.5 Å². The average molecular weight is 344 g/mol. The predicted molar refractivity (Wildman–Crippen MR) is 77.9 cm³/mol. The summed E-state index contributed by atoms with van der Waals surface area (Å²) in [7, 11) is 0. The Morgan fingerprint density at radius 3 is 2.48 bits per heavy atom. The van der Waals surface area contributed by atoms with E-state index in [1.54, 1.807) is 6.07 Å². The number of rotatable bonds is 2. The summed E-state index contributed by atoms with van der Waals surface area (Å²) >= 11 is 3.12. The van der Waals surface area contributed by atoms with E-state index in [1.165, 1.54) is 30.3 Å². The van der Waals surface area contributed by atoms with Crippen LogP contribution in [0.3, 0.4) is 0 Å². The molecule has 0 fully saturated rings. The molecule has 2 aromatic carbocycles. The number of halogens is 2. The lowest BCUT2D eigenvalue weighted by atomic mass is 10.1. The molecule has 0 aliphatic rings. The first-order chi connectivity index (χ1) is 10.1. The molecule has 0 aliphatic heterocycles. The van der Waals surface area contributed by atoms with E-state index in [1.807, 2.05) is 12.1 Å². The quantitative estimate of drug-likeness (QED) is 0.905. The summed E-state index contributed by atoms with van der Waals surface area (Å²) in [5, 5.41) is 20.3. The summed E-state index contributed by atoms with van der Waals surface area (Å²) in [5.74, 6) is -1.30. The third kappa shape index (κ3) is 3.07. The average Bonchev–Trinajstić information content (AvgIpc) is 2.46. The highest BCUT2D eigenvalue weighted by Gasteiger charge is 2.16. The molecular weight excluding hydrogens is 337 g/mol. The van der Waals surface area contributed by atoms with E-state index in [9.17, 15) is 9.18 Å². The Kier molecular flexibility index (Phi) is 4.32. The van der Waals surface area contributed by atoms with Gasteiger partial charge in [-0.1, -0.05) is 6.07 Å². The van der Waals surface area contributed by atoms with Crippen molar-refractivity contribution < 1.29 is 9.18 Å². The molecule has 6 heteroatoms. The highest BCUT2D eigenvalue weighted by molar-refractivity contribution is 9.10. The first kappa shape index (κ1) is 14.7. The maximum absolute atomic E-state index is 13.7. The Bertz CT molecular complexity index is 785. The molecule has 0 saturated carbocycles. The lowest BCUT2D eigenvalue weighted by molar-refractivity contribution is 0.102. The van der Waals surface area contributed by atoms with Gasteiger partial charge >= 0.3 is 0 Å². The molecule has 21 heavy (non-hydrogen) atoms. The lowest BCUT2D eigenvalue weighted by Gasteiger charge is -2.08. The standard InChI is InChI=1S/C15H7BrFN3O/c16-12-2-1-3-13(17)14(12)15(21)20-11-5-4-9(7-18)10(6-11)8-19/h1-6H,(H,20,21). The zero-order valence-electron chi connectivity index (χ0n) is 10.5. The summed E-state index contributed by atoms with van der Waals surface area (Å²) in [4.78, 5) is 12.1. The molecule has 0 spiro atoms. The van der Waals surface area contributed by atoms with Crippen molar-refractivity contribution in [3.05, 3.63) is 63.4 Å². The van der Waals surface area contributed by atoms with E-state index in [2.05, 4.69) is 21.2 Å². The number of nitriles is 2. The van der Waals surface area contributed by atoms with Gasteiger partial charge in [-0.2, -0.15) is 10.5 Å². The van der Waals surface area contributed by atoms with Gasteiger partial charge in [-0.15, -0.1) is 0 Å². The van der Waals surface area contributed by atoms with Crippen molar-refractivity contribution in [1.29, 1.82) is 10.5 Å². The van der Waals surface area contributed by atoms with Crippen LogP contribution in [0.4, 0.5) is 10.1 Å². The number of nitrogens with zero attached hydrogens (tertiary/aromatic N) is 2. The van der Waals surface area contributed by atoms with Gasteiger partial charge in [-0.05, 0) is 46.3 Å². The SMILES string of the molecule is N#Cc1ccc(NC(=O)c2c(F)cccc2Br)cc1C#N. The van der Waals surface area contributed by atoms with E-state index >= 15 is 0 Å². The number of carbonyl (C=O) groups is 1. The van der Waals surface area contributed by atoms with Crippen molar-refractivity contribution in [3.63, 3.8) is 0 Å². The minimum Gasteiger partial charge on any atom is -0.322 e. The molecule has 0 unspecified atom stereocenters. The van der Waals surface area contributed by atoms with Gasteiger partial charge in [-0.25, -0.2) is 4.39 Å². The van der Waals surface area contributed by atoms with Crippen LogP contribution < -0.4 is 5.32 Å². The second kappa shape index (κ2) is 6.17. The second-order valence-electron chi connectivity index (χ2n) is 4.03. The van der Waals surface area contributed by atoms with Crippen LogP contribution in [0.2, 0.25) is 0 Å². The van der Waals surface area contributed by atoms with E-state index in [0.717, 1.165) is 0 Å². The van der Waals surface area contributed by atoms with Crippen molar-refractivity contribution in [2.45, 2.75) is 0 Å². The molecule has 0 aromatic heterocycles. The third-order valence-corrected chi connectivity index (χ3v) is 3.37. The van der Waals surface area contributed by atoms with Gasteiger partial charge in [0.25, 0.3) is 5.91 Å². The topological polar surface area (TPSA) is 76.7 Å². The number of carbonyl (C=O) groups excluding carboxylic acids is 1. The zero-order chi connectivity index (χ0) is 15.4. The van der Waals surface area contributed by atoms with E-state index in [0.29, 0.717) is 10.2 Å². The molecule has 0 atom stereocenters. The molecule has 1 N–H and O–H groups in total. The highest BCUT2D eigenvalue weighted by Crippen LogP contribution is 2.22. The maximum Gasteiger partial charge on any atom is 0.259 e. The normalized spacial score (nSPS) is 9.52. The predicted octanol–water partition coefficient (Wildman–Crippen LogP) is 3.58. The summed E-state index contributed by atoms with van der Waals surface area (Å²) in [6.07, 6.45) is 0. The fourth-order valence-electron chi connectivity index (χ4n) is 1.72. The zero-order valence-corrected chi connectivity index (χ0v) is 12.1. The largest absolute Gasteiger partial charge is 0.322 e. The Balaban J connectivity index is 2.33. The fourth-order valence-corrected chi connectivity index (χ4v) is 2.24. The van der Waals surface area contributed by atoms with Crippen molar-refractivity contribution >= 4 is 27.5 Å². The Morgan fingerprint density at radius 2 is 1.86 bits per heavy atom. The first-order valence-corrected chi connectivity index (χ1v) is 6.55. The third-order valence-electron chi connectivity index (χ3n) is 2.71. The van der Waals surface area contributed by atoms with Gasteiger partial charge in [0.05, 0.1) is 16.7 Å². The molecule has 102 valence electrons. The van der Waals surface area contributed by atoms with Crippen LogP contribution >= 0.6 is 15.9 Å². The van der Waals surface area contributed by atoms with Crippen molar-refractivity contribution in [2.75, 3.05) is 5.32 Å². The van der Waals surface area contributed by atoms with E-state index < -0.39 is 11.7 Å². The highest BCUT2D eigenvalue weighted by atomic mass is 79.9. The minimum absolute atomic E-state index is 0.125. The van der Waals surface area contributed by atoms with E-state index in [-0.39, 0.29) is 16.7 Å². The van der Waals surface area contributed by atoms with Gasteiger partial charge < -0.3 is 5.32 Å². The van der Waals surface area contributed by atoms with Crippen LogP contribution in [-0.4, -0.2) is 5.91 Å². The van der Waals surface area contributed by atoms with Gasteiger partial charge in [0.2, 0.25) is 0 Å². The monoisotopic (exact) mass is 343 g/mol. The van der Waals surface area contributed by atoms with Gasteiger partial charge in [0.15, 0.2) is 0 Å². The molecular formula is C15H7BrFN3O. The van der Waals surface area contributed by atoms with Crippen LogP contribution in [0.15, 0.2) is 40.9 Å². The number of amides is 1. The molecule has 0 bridgehead atoms. The Labute approximate surface area is 128 Å². The fraction of sp³-hybridized carbons (Fsp3) is 0. The number of anilines is 1. The van der Waals surface area contributed by atoms with Crippen LogP contribution in [0.5, 0.6) is 0 Å². The molecule has 2 aromatic rings. The molecule has 0 heterocycles. The summed E-state index contributed by atoms with van der Waals surface area (Å²) in [5.41, 5.74) is 0.538. The van der Waals surface area contributed by atoms with Crippen molar-refractivity contribution in [1.82, 2.24) is 0 Å². The number of hydrogen-bond acceptors (Lipinski definition) is 3. The van der Waals surface area contributed by atoms with Crippen molar-refractivity contribution in [2.24, 2.45) is 0 Å². The number of benzene rings is 2. The smallest absolute Gasteiger partial charge is 0.259 e. The first-order valence-electron chi connectivity index (χ1n) is 5.76. The Hall–Kier alpha value is -2.70. The molecule has 0 radical (unpaired) electrons. The van der Waals surface area contributed by atoms with Gasteiger partial charge in [0.1, 0.15) is 18.0 Å². The van der Waals surface area contributed by atoms with Crippen LogP contribution in [0.25, 0.3) is 0 Å². The van der Waals surface area contributed by atoms with Gasteiger partial charge in [-0.3, -0.25) is 4.79 Å². The van der Waals surface area contributed by atoms with Gasteiger partial charge in [0, 0.05) is 10.2 Å². The molecule has 4 nitrogen and oxygen atoms in total. The Morgan fingerprint density at radius 1 is 1.14 bits per heavy atom. The lowest BCUT2D eigenvalue weighted by Crippen LogP contribution is -2.14. The summed E-state index contributed by atoms with van der Waals surface area (Å²) < 4.78 is 14.0. The summed E-state index contributed by atoms with van der Waals surface area (Å²) in [6, 6.07) is 12.2. The molecule has 0 aliphatic carbocycles. The number of hydrogen-bond donors (Lipinski definition) is 1. The molecule has 1 amide bonds. The molecule has 2 rings (SSSR count). The van der Waals surface area contributed by atoms with E-state index in [4.69, 9.17) is 10.5 Å².